The maximum atomic E-state index is 13.3. The summed E-state index contributed by atoms with van der Waals surface area (Å²) in [5.41, 5.74) is 1.87. The fraction of sp³-hybridized carbons (Fsp3) is 0.476. The van der Waals surface area contributed by atoms with E-state index in [4.69, 9.17) is 9.84 Å². The number of ether oxygens (including phenoxy) is 1. The number of amides is 2. The zero-order chi connectivity index (χ0) is 22.5. The molecule has 32 heavy (non-hydrogen) atoms. The molecule has 170 valence electrons. The topological polar surface area (TPSA) is 134 Å². The van der Waals surface area contributed by atoms with Gasteiger partial charge in [0.2, 0.25) is 5.13 Å². The molecule has 2 aromatic rings. The zero-order valence-corrected chi connectivity index (χ0v) is 18.3. The molecular weight excluding hydrogens is 434 g/mol. The Balaban J connectivity index is 1.52. The predicted molar refractivity (Wildman–Crippen MR) is 120 cm³/mol. The summed E-state index contributed by atoms with van der Waals surface area (Å²) in [4.78, 5) is 42.8. The molecule has 2 aliphatic rings. The lowest BCUT2D eigenvalue weighted by molar-refractivity contribution is -0.136. The number of hydrogen-bond acceptors (Lipinski definition) is 8. The first-order chi connectivity index (χ1) is 15.5. The number of carboxylic acids is 1. The lowest BCUT2D eigenvalue weighted by atomic mass is 9.94. The molecule has 1 saturated heterocycles. The van der Waals surface area contributed by atoms with Gasteiger partial charge in [-0.25, -0.2) is 9.78 Å². The number of carboxylic acid groups (broad SMARTS) is 1. The Labute approximate surface area is 189 Å². The maximum absolute atomic E-state index is 13.3. The number of morpholine rings is 1. The number of urea groups is 1. The molecule has 1 aliphatic heterocycles. The van der Waals surface area contributed by atoms with Crippen LogP contribution in [0.4, 0.5) is 21.3 Å². The van der Waals surface area contributed by atoms with E-state index in [0.717, 1.165) is 56.0 Å². The fourth-order valence-electron chi connectivity index (χ4n) is 4.03. The van der Waals surface area contributed by atoms with Gasteiger partial charge >= 0.3 is 12.0 Å². The Bertz CT molecular complexity index is 998. The summed E-state index contributed by atoms with van der Waals surface area (Å²) in [6, 6.07) is 4.94. The van der Waals surface area contributed by atoms with Crippen LogP contribution in [0, 0.1) is 5.92 Å². The molecule has 0 radical (unpaired) electrons. The van der Waals surface area contributed by atoms with Crippen LogP contribution < -0.4 is 15.5 Å². The Hall–Kier alpha value is -3.05. The summed E-state index contributed by atoms with van der Waals surface area (Å²) in [6.07, 6.45) is 3.49. The lowest BCUT2D eigenvalue weighted by Crippen LogP contribution is -2.36. The van der Waals surface area contributed by atoms with E-state index in [9.17, 15) is 14.4 Å². The summed E-state index contributed by atoms with van der Waals surface area (Å²) in [5.74, 6) is -0.896. The van der Waals surface area contributed by atoms with E-state index in [1.807, 2.05) is 12.1 Å². The lowest BCUT2D eigenvalue weighted by Gasteiger charge is -2.29. The molecule has 2 fully saturated rings. The molecule has 1 aromatic heterocycles. The molecule has 1 aliphatic carbocycles. The van der Waals surface area contributed by atoms with E-state index in [0.29, 0.717) is 24.5 Å². The minimum Gasteiger partial charge on any atom is -0.481 e. The van der Waals surface area contributed by atoms with Gasteiger partial charge in [0.05, 0.1) is 18.9 Å². The monoisotopic (exact) mass is 459 g/mol. The van der Waals surface area contributed by atoms with Crippen molar-refractivity contribution in [3.8, 4) is 0 Å². The van der Waals surface area contributed by atoms with Gasteiger partial charge in [0.15, 0.2) is 11.6 Å². The predicted octanol–water partition coefficient (Wildman–Crippen LogP) is 3.02. The Morgan fingerprint density at radius 2 is 1.91 bits per heavy atom. The third-order valence-electron chi connectivity index (χ3n) is 5.62. The summed E-state index contributed by atoms with van der Waals surface area (Å²) in [6.45, 7) is 2.78. The maximum Gasteiger partial charge on any atom is 0.325 e. The van der Waals surface area contributed by atoms with Crippen molar-refractivity contribution in [2.45, 2.75) is 32.1 Å². The van der Waals surface area contributed by atoms with Gasteiger partial charge in [-0.2, -0.15) is 4.37 Å². The van der Waals surface area contributed by atoms with Crippen molar-refractivity contribution < 1.29 is 24.2 Å². The van der Waals surface area contributed by atoms with Crippen LogP contribution in [0.5, 0.6) is 0 Å². The van der Waals surface area contributed by atoms with Crippen molar-refractivity contribution >= 4 is 45.8 Å². The van der Waals surface area contributed by atoms with Crippen LogP contribution in [-0.4, -0.2) is 58.6 Å². The number of hydrogen-bond donors (Lipinski definition) is 3. The Morgan fingerprint density at radius 1 is 1.16 bits per heavy atom. The van der Waals surface area contributed by atoms with Crippen LogP contribution in [0.1, 0.15) is 41.9 Å². The second kappa shape index (κ2) is 10.0. The molecule has 1 aromatic carbocycles. The van der Waals surface area contributed by atoms with E-state index in [2.05, 4.69) is 24.9 Å². The summed E-state index contributed by atoms with van der Waals surface area (Å²) < 4.78 is 9.33. The van der Waals surface area contributed by atoms with Gasteiger partial charge < -0.3 is 20.1 Å². The van der Waals surface area contributed by atoms with Crippen molar-refractivity contribution in [3.63, 3.8) is 0 Å². The molecule has 0 spiro atoms. The van der Waals surface area contributed by atoms with Crippen LogP contribution >= 0.6 is 11.5 Å². The molecule has 11 heteroatoms. The first kappa shape index (κ1) is 22.2. The van der Waals surface area contributed by atoms with Crippen molar-refractivity contribution in [3.05, 3.63) is 29.6 Å². The minimum atomic E-state index is -1.05. The quantitative estimate of drug-likeness (QED) is 0.538. The highest BCUT2D eigenvalue weighted by atomic mass is 32.1. The third kappa shape index (κ3) is 5.40. The first-order valence-corrected chi connectivity index (χ1v) is 11.4. The normalized spacial score (nSPS) is 16.7. The first-order valence-electron chi connectivity index (χ1n) is 10.6. The molecule has 0 bridgehead atoms. The standard InChI is InChI=1S/C21H25N5O5S/c27-18(28)12-17-23-21(32-25-17)24-20(30)22-16-6-5-14(26-7-9-31-10-8-26)11-15(16)19(29)13-3-1-2-4-13/h5-6,11,13H,1-4,7-10,12H2,(H,27,28)(H2,22,23,24,25,30). The van der Waals surface area contributed by atoms with Gasteiger partial charge in [0.25, 0.3) is 0 Å². The molecule has 3 N–H and O–H groups in total. The van der Waals surface area contributed by atoms with E-state index in [-0.39, 0.29) is 29.1 Å². The van der Waals surface area contributed by atoms with Crippen LogP contribution in [0.15, 0.2) is 18.2 Å². The van der Waals surface area contributed by atoms with Gasteiger partial charge in [0.1, 0.15) is 6.42 Å². The molecule has 10 nitrogen and oxygen atoms in total. The van der Waals surface area contributed by atoms with E-state index < -0.39 is 12.0 Å². The van der Waals surface area contributed by atoms with Crippen LogP contribution in [0.25, 0.3) is 0 Å². The second-order valence-electron chi connectivity index (χ2n) is 7.84. The second-order valence-corrected chi connectivity index (χ2v) is 8.59. The number of aromatic nitrogens is 2. The average Bonchev–Trinajstić information content (AvgIpc) is 3.46. The number of ketones is 1. The zero-order valence-electron chi connectivity index (χ0n) is 17.5. The smallest absolute Gasteiger partial charge is 0.325 e. The largest absolute Gasteiger partial charge is 0.481 e. The number of Topliss-reactive ketones (excluding diaryl/α,β-unsaturated/α-hetero) is 1. The molecule has 2 heterocycles. The summed E-state index contributed by atoms with van der Waals surface area (Å²) in [7, 11) is 0. The number of aliphatic carboxylic acids is 1. The summed E-state index contributed by atoms with van der Waals surface area (Å²) in [5, 5.41) is 14.3. The van der Waals surface area contributed by atoms with Crippen molar-refractivity contribution in [1.29, 1.82) is 0 Å². The number of rotatable bonds is 7. The van der Waals surface area contributed by atoms with Crippen molar-refractivity contribution in [2.75, 3.05) is 41.8 Å². The molecule has 1 saturated carbocycles. The average molecular weight is 460 g/mol. The molecule has 4 rings (SSSR count). The van der Waals surface area contributed by atoms with Gasteiger partial charge in [-0.15, -0.1) is 0 Å². The van der Waals surface area contributed by atoms with E-state index >= 15 is 0 Å². The number of carbonyl (C=O) groups excluding carboxylic acids is 2. The molecule has 2 amide bonds. The van der Waals surface area contributed by atoms with Crippen LogP contribution in [0.2, 0.25) is 0 Å². The van der Waals surface area contributed by atoms with Crippen LogP contribution in [0.3, 0.4) is 0 Å². The highest BCUT2D eigenvalue weighted by molar-refractivity contribution is 7.09. The number of nitrogens with zero attached hydrogens (tertiary/aromatic N) is 3. The van der Waals surface area contributed by atoms with Gasteiger partial charge in [-0.05, 0) is 31.0 Å². The highest BCUT2D eigenvalue weighted by Crippen LogP contribution is 2.33. The van der Waals surface area contributed by atoms with Gasteiger partial charge in [0, 0.05) is 41.8 Å². The Kier molecular flexibility index (Phi) is 6.96. The fourth-order valence-corrected chi connectivity index (χ4v) is 4.62. The highest BCUT2D eigenvalue weighted by Gasteiger charge is 2.27. The number of benzene rings is 1. The molecular formula is C21H25N5O5S. The molecule has 0 unspecified atom stereocenters. The van der Waals surface area contributed by atoms with E-state index in [1.54, 1.807) is 6.07 Å². The van der Waals surface area contributed by atoms with Crippen LogP contribution in [-0.2, 0) is 16.0 Å². The Morgan fingerprint density at radius 3 is 2.62 bits per heavy atom. The van der Waals surface area contributed by atoms with Gasteiger partial charge in [-0.1, -0.05) is 12.8 Å². The van der Waals surface area contributed by atoms with Crippen molar-refractivity contribution in [2.24, 2.45) is 5.92 Å². The number of carbonyl (C=O) groups is 3. The van der Waals surface area contributed by atoms with Gasteiger partial charge in [-0.3, -0.25) is 14.9 Å². The third-order valence-corrected chi connectivity index (χ3v) is 6.29. The van der Waals surface area contributed by atoms with Crippen molar-refractivity contribution in [1.82, 2.24) is 9.36 Å². The van der Waals surface area contributed by atoms with E-state index in [1.165, 1.54) is 0 Å². The number of nitrogens with one attached hydrogen (secondary N) is 2. The number of anilines is 3. The summed E-state index contributed by atoms with van der Waals surface area (Å²) >= 11 is 0.901. The minimum absolute atomic E-state index is 0.0275. The SMILES string of the molecule is O=C(O)Cc1nsc(NC(=O)Nc2ccc(N3CCOCC3)cc2C(=O)C2CCCC2)n1. The molecule has 0 atom stereocenters.